The molecular formula is C24H24Cl3N5O5S2. The fraction of sp³-hybridized carbons (Fsp3) is 0.292. The van der Waals surface area contributed by atoms with Crippen LogP contribution in [0.15, 0.2) is 35.8 Å². The molecule has 2 amide bonds. The number of ether oxygens (including phenoxy) is 1. The van der Waals surface area contributed by atoms with E-state index >= 15 is 0 Å². The molecule has 1 fully saturated rings. The highest BCUT2D eigenvalue weighted by Crippen LogP contribution is 2.35. The molecule has 1 aromatic carbocycles. The summed E-state index contributed by atoms with van der Waals surface area (Å²) in [4.78, 5) is 32.8. The Morgan fingerprint density at radius 1 is 1.05 bits per heavy atom. The standard InChI is InChI=1S/C24H24Cl3N5O5S2/c1-37-18-10-16(26)9-17(23(33)29-19-4-3-15(25)11-28-19)21(18)30-24(34)22-20(27)14(13-38-22)12-31-5-7-32(8-6-31)39(2,35)36/h3-4,9-11,13H,5-8,12H2,1-2H3,(H,30,34)(H,28,29,33). The fourth-order valence-corrected chi connectivity index (χ4v) is 6.34. The van der Waals surface area contributed by atoms with E-state index in [1.54, 1.807) is 11.4 Å². The lowest BCUT2D eigenvalue weighted by Gasteiger charge is -2.33. The molecule has 208 valence electrons. The summed E-state index contributed by atoms with van der Waals surface area (Å²) in [5.74, 6) is -0.671. The maximum Gasteiger partial charge on any atom is 0.267 e. The Kier molecular flexibility index (Phi) is 9.37. The molecule has 15 heteroatoms. The smallest absolute Gasteiger partial charge is 0.267 e. The maximum atomic E-state index is 13.3. The topological polar surface area (TPSA) is 121 Å². The van der Waals surface area contributed by atoms with Gasteiger partial charge in [0.05, 0.1) is 34.7 Å². The van der Waals surface area contributed by atoms with Gasteiger partial charge in [0.15, 0.2) is 0 Å². The van der Waals surface area contributed by atoms with Gasteiger partial charge < -0.3 is 15.4 Å². The monoisotopic (exact) mass is 631 g/mol. The number of piperazine rings is 1. The molecule has 0 bridgehead atoms. The van der Waals surface area contributed by atoms with Crippen LogP contribution in [-0.4, -0.2) is 74.0 Å². The van der Waals surface area contributed by atoms with Gasteiger partial charge in [-0.1, -0.05) is 34.8 Å². The summed E-state index contributed by atoms with van der Waals surface area (Å²) in [5, 5.41) is 8.10. The summed E-state index contributed by atoms with van der Waals surface area (Å²) in [5.41, 5.74) is 0.914. The van der Waals surface area contributed by atoms with E-state index in [-0.39, 0.29) is 37.7 Å². The molecule has 1 saturated heterocycles. The molecule has 1 aliphatic heterocycles. The number of amides is 2. The van der Waals surface area contributed by atoms with Gasteiger partial charge in [0, 0.05) is 50.0 Å². The van der Waals surface area contributed by atoms with Gasteiger partial charge in [-0.15, -0.1) is 11.3 Å². The Morgan fingerprint density at radius 3 is 2.38 bits per heavy atom. The fourth-order valence-electron chi connectivity index (χ4n) is 3.95. The molecule has 3 aromatic rings. The molecule has 3 heterocycles. The van der Waals surface area contributed by atoms with Gasteiger partial charge >= 0.3 is 0 Å². The van der Waals surface area contributed by atoms with Crippen molar-refractivity contribution in [3.05, 3.63) is 66.9 Å². The van der Waals surface area contributed by atoms with Crippen LogP contribution in [0.4, 0.5) is 11.5 Å². The molecule has 10 nitrogen and oxygen atoms in total. The zero-order chi connectivity index (χ0) is 28.3. The summed E-state index contributed by atoms with van der Waals surface area (Å²) in [6.45, 7) is 2.33. The van der Waals surface area contributed by atoms with Crippen LogP contribution in [-0.2, 0) is 16.6 Å². The molecule has 2 aromatic heterocycles. The number of hydrogen-bond acceptors (Lipinski definition) is 8. The molecule has 2 N–H and O–H groups in total. The highest BCUT2D eigenvalue weighted by Gasteiger charge is 2.26. The Labute approximate surface area is 244 Å². The van der Waals surface area contributed by atoms with E-state index in [1.807, 2.05) is 0 Å². The number of hydrogen-bond donors (Lipinski definition) is 2. The van der Waals surface area contributed by atoms with Crippen LogP contribution in [0, 0.1) is 0 Å². The number of methoxy groups -OCH3 is 1. The second-order valence-electron chi connectivity index (χ2n) is 8.64. The molecule has 0 saturated carbocycles. The first kappa shape index (κ1) is 29.5. The summed E-state index contributed by atoms with van der Waals surface area (Å²) in [6.07, 6.45) is 2.59. The van der Waals surface area contributed by atoms with Crippen molar-refractivity contribution in [2.24, 2.45) is 0 Å². The molecular weight excluding hydrogens is 609 g/mol. The van der Waals surface area contributed by atoms with Crippen molar-refractivity contribution >= 4 is 79.5 Å². The van der Waals surface area contributed by atoms with Crippen LogP contribution in [0.2, 0.25) is 15.1 Å². The van der Waals surface area contributed by atoms with Crippen molar-refractivity contribution in [3.8, 4) is 5.75 Å². The first-order valence-electron chi connectivity index (χ1n) is 11.5. The highest BCUT2D eigenvalue weighted by atomic mass is 35.5. The zero-order valence-electron chi connectivity index (χ0n) is 20.8. The summed E-state index contributed by atoms with van der Waals surface area (Å²) in [6, 6.07) is 6.00. The lowest BCUT2D eigenvalue weighted by Crippen LogP contribution is -2.47. The second-order valence-corrected chi connectivity index (χ2v) is 12.8. The normalized spacial score (nSPS) is 14.7. The molecule has 0 radical (unpaired) electrons. The van der Waals surface area contributed by atoms with Gasteiger partial charge in [-0.25, -0.2) is 13.4 Å². The quantitative estimate of drug-likeness (QED) is 0.370. The van der Waals surface area contributed by atoms with Crippen LogP contribution < -0.4 is 15.4 Å². The van der Waals surface area contributed by atoms with E-state index in [2.05, 4.69) is 20.5 Å². The van der Waals surface area contributed by atoms with Crippen molar-refractivity contribution in [1.29, 1.82) is 0 Å². The van der Waals surface area contributed by atoms with Gasteiger partial charge in [-0.2, -0.15) is 4.31 Å². The van der Waals surface area contributed by atoms with Crippen molar-refractivity contribution in [1.82, 2.24) is 14.2 Å². The van der Waals surface area contributed by atoms with Crippen molar-refractivity contribution in [3.63, 3.8) is 0 Å². The first-order valence-corrected chi connectivity index (χ1v) is 15.4. The number of pyridine rings is 1. The van der Waals surface area contributed by atoms with Gasteiger partial charge in [-0.3, -0.25) is 14.5 Å². The lowest BCUT2D eigenvalue weighted by atomic mass is 10.1. The Morgan fingerprint density at radius 2 is 1.77 bits per heavy atom. The number of carbonyl (C=O) groups excluding carboxylic acids is 2. The van der Waals surface area contributed by atoms with Crippen LogP contribution in [0.3, 0.4) is 0 Å². The molecule has 0 spiro atoms. The largest absolute Gasteiger partial charge is 0.494 e. The minimum Gasteiger partial charge on any atom is -0.494 e. The maximum absolute atomic E-state index is 13.3. The van der Waals surface area contributed by atoms with Crippen molar-refractivity contribution < 1.29 is 22.7 Å². The minimum absolute atomic E-state index is 0.0566. The first-order chi connectivity index (χ1) is 18.5. The Hall–Kier alpha value is -2.45. The number of thiophene rings is 1. The average molecular weight is 633 g/mol. The van der Waals surface area contributed by atoms with Gasteiger partial charge in [0.25, 0.3) is 11.8 Å². The number of nitrogens with zero attached hydrogens (tertiary/aromatic N) is 3. The van der Waals surface area contributed by atoms with Gasteiger partial charge in [-0.05, 0) is 29.1 Å². The summed E-state index contributed by atoms with van der Waals surface area (Å²) < 4.78 is 30.4. The number of anilines is 2. The number of aromatic nitrogens is 1. The number of benzene rings is 1. The second kappa shape index (κ2) is 12.4. The van der Waals surface area contributed by atoms with E-state index in [1.165, 1.54) is 42.1 Å². The summed E-state index contributed by atoms with van der Waals surface area (Å²) in [7, 11) is -1.84. The van der Waals surface area contributed by atoms with Gasteiger partial charge in [0.2, 0.25) is 10.0 Å². The predicted molar refractivity (Wildman–Crippen MR) is 154 cm³/mol. The third-order valence-electron chi connectivity index (χ3n) is 5.94. The Balaban J connectivity index is 1.52. The van der Waals surface area contributed by atoms with E-state index in [4.69, 9.17) is 39.5 Å². The van der Waals surface area contributed by atoms with E-state index in [0.29, 0.717) is 37.7 Å². The van der Waals surface area contributed by atoms with Crippen LogP contribution in [0.25, 0.3) is 0 Å². The number of rotatable bonds is 8. The van der Waals surface area contributed by atoms with Gasteiger partial charge in [0.1, 0.15) is 16.4 Å². The van der Waals surface area contributed by atoms with E-state index in [0.717, 1.165) is 16.9 Å². The molecule has 0 aliphatic carbocycles. The number of carbonyl (C=O) groups is 2. The van der Waals surface area contributed by atoms with Crippen LogP contribution >= 0.6 is 46.1 Å². The van der Waals surface area contributed by atoms with E-state index < -0.39 is 21.8 Å². The minimum atomic E-state index is -3.23. The molecule has 0 atom stereocenters. The van der Waals surface area contributed by atoms with Crippen molar-refractivity contribution in [2.45, 2.75) is 6.54 Å². The zero-order valence-corrected chi connectivity index (χ0v) is 24.7. The number of sulfonamides is 1. The van der Waals surface area contributed by atoms with E-state index in [9.17, 15) is 18.0 Å². The molecule has 4 rings (SSSR count). The third kappa shape index (κ3) is 7.20. The highest BCUT2D eigenvalue weighted by molar-refractivity contribution is 7.88. The number of nitrogens with one attached hydrogen (secondary N) is 2. The average Bonchev–Trinajstić information content (AvgIpc) is 3.25. The summed E-state index contributed by atoms with van der Waals surface area (Å²) >= 11 is 19.8. The number of halogens is 3. The molecule has 39 heavy (non-hydrogen) atoms. The predicted octanol–water partition coefficient (Wildman–Crippen LogP) is 4.69. The SMILES string of the molecule is COc1cc(Cl)cc(C(=O)Nc2ccc(Cl)cn2)c1NC(=O)c1scc(CN2CCN(S(C)(=O)=O)CC2)c1Cl. The Bertz CT molecular complexity index is 1490. The lowest BCUT2D eigenvalue weighted by molar-refractivity contribution is 0.102. The van der Waals surface area contributed by atoms with Crippen LogP contribution in [0.1, 0.15) is 25.6 Å². The molecule has 1 aliphatic rings. The van der Waals surface area contributed by atoms with Crippen molar-refractivity contribution in [2.75, 3.05) is 50.2 Å². The van der Waals surface area contributed by atoms with Crippen LogP contribution in [0.5, 0.6) is 5.75 Å². The molecule has 0 unspecified atom stereocenters. The third-order valence-corrected chi connectivity index (χ3v) is 9.26.